The standard InChI is InChI=1S/C41H37F2N3O5/c1-49-45-37(29-12-16-32(42)17-13-29)25-24-36(40(47)46-38(27-51-41(46)48)30-10-6-3-7-11-30)39(44-34-20-18-33(43)19-21-34)31-14-22-35(23-15-31)50-26-28-8-4-2-5-9-28/h2-23,36,38-39,44H,24-27H2,1H3/b45-37-/t36?,38-,39?/m1/s1. The summed E-state index contributed by atoms with van der Waals surface area (Å²) >= 11 is 0. The Morgan fingerprint density at radius 2 is 1.49 bits per heavy atom. The summed E-state index contributed by atoms with van der Waals surface area (Å²) in [4.78, 5) is 34.5. The van der Waals surface area contributed by atoms with Gasteiger partial charge in [0.15, 0.2) is 0 Å². The van der Waals surface area contributed by atoms with Crippen LogP contribution in [0.1, 0.15) is 47.2 Å². The molecule has 0 aromatic heterocycles. The molecule has 2 amide bonds. The van der Waals surface area contributed by atoms with Gasteiger partial charge in [0, 0.05) is 5.69 Å². The van der Waals surface area contributed by atoms with Gasteiger partial charge in [0.2, 0.25) is 5.91 Å². The molecule has 2 unspecified atom stereocenters. The second-order valence-electron chi connectivity index (χ2n) is 12.1. The van der Waals surface area contributed by atoms with Crippen LogP contribution in [0.3, 0.4) is 0 Å². The third-order valence-electron chi connectivity index (χ3n) is 8.74. The quantitative estimate of drug-likeness (QED) is 0.0926. The number of benzene rings is 5. The number of anilines is 1. The lowest BCUT2D eigenvalue weighted by molar-refractivity contribution is -0.134. The molecule has 1 N–H and O–H groups in total. The highest BCUT2D eigenvalue weighted by Gasteiger charge is 2.44. The third-order valence-corrected chi connectivity index (χ3v) is 8.74. The van der Waals surface area contributed by atoms with E-state index in [1.165, 1.54) is 36.3 Å². The molecular formula is C41H37F2N3O5. The normalized spacial score (nSPS) is 15.5. The number of halogens is 2. The molecule has 1 heterocycles. The molecule has 0 saturated carbocycles. The lowest BCUT2D eigenvalue weighted by Gasteiger charge is -2.32. The Morgan fingerprint density at radius 1 is 0.863 bits per heavy atom. The lowest BCUT2D eigenvalue weighted by Crippen LogP contribution is -2.42. The number of ether oxygens (including phenoxy) is 2. The zero-order valence-electron chi connectivity index (χ0n) is 28.0. The van der Waals surface area contributed by atoms with Crippen LogP contribution in [0.5, 0.6) is 5.75 Å². The Bertz CT molecular complexity index is 1920. The number of hydrogen-bond donors (Lipinski definition) is 1. The minimum absolute atomic E-state index is 0.0107. The summed E-state index contributed by atoms with van der Waals surface area (Å²) < 4.78 is 39.3. The second kappa shape index (κ2) is 16.6. The Morgan fingerprint density at radius 3 is 2.14 bits per heavy atom. The summed E-state index contributed by atoms with van der Waals surface area (Å²) in [5.41, 5.74) is 4.17. The van der Waals surface area contributed by atoms with E-state index in [2.05, 4.69) is 10.5 Å². The van der Waals surface area contributed by atoms with E-state index in [4.69, 9.17) is 14.3 Å². The van der Waals surface area contributed by atoms with E-state index in [0.717, 1.165) is 16.7 Å². The predicted octanol–water partition coefficient (Wildman–Crippen LogP) is 8.86. The van der Waals surface area contributed by atoms with Crippen molar-refractivity contribution >= 4 is 23.4 Å². The Kier molecular flexibility index (Phi) is 11.3. The molecule has 1 saturated heterocycles. The number of nitrogens with zero attached hydrogens (tertiary/aromatic N) is 2. The monoisotopic (exact) mass is 689 g/mol. The fourth-order valence-electron chi connectivity index (χ4n) is 6.14. The van der Waals surface area contributed by atoms with Crippen molar-refractivity contribution in [3.05, 3.63) is 167 Å². The van der Waals surface area contributed by atoms with E-state index >= 15 is 0 Å². The molecule has 1 aliphatic rings. The molecule has 1 fully saturated rings. The fourth-order valence-corrected chi connectivity index (χ4v) is 6.14. The van der Waals surface area contributed by atoms with E-state index in [-0.39, 0.29) is 19.4 Å². The van der Waals surface area contributed by atoms with Crippen molar-refractivity contribution in [1.82, 2.24) is 4.90 Å². The predicted molar refractivity (Wildman–Crippen MR) is 190 cm³/mol. The minimum atomic E-state index is -0.884. The summed E-state index contributed by atoms with van der Waals surface area (Å²) in [5.74, 6) is -1.53. The zero-order chi connectivity index (χ0) is 35.6. The molecule has 0 spiro atoms. The molecule has 8 nitrogen and oxygen atoms in total. The van der Waals surface area contributed by atoms with E-state index in [9.17, 15) is 18.4 Å². The van der Waals surface area contributed by atoms with Crippen molar-refractivity contribution < 1.29 is 32.7 Å². The molecule has 1 aliphatic heterocycles. The molecule has 10 heteroatoms. The summed E-state index contributed by atoms with van der Waals surface area (Å²) in [5, 5.41) is 7.66. The Labute approximate surface area is 295 Å². The Balaban J connectivity index is 1.37. The summed E-state index contributed by atoms with van der Waals surface area (Å²) in [6.07, 6.45) is -0.322. The van der Waals surface area contributed by atoms with Gasteiger partial charge in [-0.25, -0.2) is 18.5 Å². The zero-order valence-corrected chi connectivity index (χ0v) is 28.0. The van der Waals surface area contributed by atoms with E-state index < -0.39 is 41.6 Å². The average Bonchev–Trinajstić information content (AvgIpc) is 3.56. The van der Waals surface area contributed by atoms with Crippen molar-refractivity contribution in [3.8, 4) is 5.75 Å². The minimum Gasteiger partial charge on any atom is -0.489 e. The maximum absolute atomic E-state index is 14.9. The molecule has 260 valence electrons. The molecule has 5 aromatic rings. The maximum Gasteiger partial charge on any atom is 0.417 e. The van der Waals surface area contributed by atoms with E-state index in [0.29, 0.717) is 29.3 Å². The fraction of sp³-hybridized carbons (Fsp3) is 0.195. The van der Waals surface area contributed by atoms with Crippen molar-refractivity contribution in [3.63, 3.8) is 0 Å². The first-order valence-corrected chi connectivity index (χ1v) is 16.6. The van der Waals surface area contributed by atoms with Crippen molar-refractivity contribution in [2.45, 2.75) is 31.5 Å². The lowest BCUT2D eigenvalue weighted by atomic mass is 9.85. The molecule has 3 atom stereocenters. The smallest absolute Gasteiger partial charge is 0.417 e. The number of imide groups is 1. The average molecular weight is 690 g/mol. The van der Waals surface area contributed by atoms with Gasteiger partial charge >= 0.3 is 6.09 Å². The molecular weight excluding hydrogens is 652 g/mol. The van der Waals surface area contributed by atoms with Gasteiger partial charge in [0.05, 0.1) is 17.7 Å². The van der Waals surface area contributed by atoms with Gasteiger partial charge < -0.3 is 19.6 Å². The van der Waals surface area contributed by atoms with Crippen molar-refractivity contribution in [1.29, 1.82) is 0 Å². The molecule has 51 heavy (non-hydrogen) atoms. The van der Waals surface area contributed by atoms with E-state index in [1.807, 2.05) is 84.9 Å². The van der Waals surface area contributed by atoms with E-state index in [1.54, 1.807) is 24.3 Å². The van der Waals surface area contributed by atoms with Crippen LogP contribution in [-0.2, 0) is 21.0 Å². The second-order valence-corrected chi connectivity index (χ2v) is 12.1. The van der Waals surface area contributed by atoms with Gasteiger partial charge in [-0.1, -0.05) is 90.1 Å². The first-order valence-electron chi connectivity index (χ1n) is 16.6. The summed E-state index contributed by atoms with van der Waals surface area (Å²) in [7, 11) is 1.41. The highest BCUT2D eigenvalue weighted by atomic mass is 19.1. The Hall–Kier alpha value is -6.03. The number of cyclic esters (lactones) is 1. The number of hydrogen-bond acceptors (Lipinski definition) is 7. The first kappa shape index (κ1) is 34.8. The van der Waals surface area contributed by atoms with Gasteiger partial charge in [-0.05, 0) is 83.6 Å². The van der Waals surface area contributed by atoms with Gasteiger partial charge in [-0.3, -0.25) is 4.79 Å². The topological polar surface area (TPSA) is 89.5 Å². The number of amides is 2. The summed E-state index contributed by atoms with van der Waals surface area (Å²) in [6, 6.07) is 36.7. The molecule has 6 rings (SSSR count). The van der Waals surface area contributed by atoms with Crippen LogP contribution < -0.4 is 10.1 Å². The van der Waals surface area contributed by atoms with Crippen LogP contribution >= 0.6 is 0 Å². The van der Waals surface area contributed by atoms with Gasteiger partial charge in [0.25, 0.3) is 0 Å². The molecule has 0 aliphatic carbocycles. The number of nitrogens with one attached hydrogen (secondary N) is 1. The van der Waals surface area contributed by atoms with Gasteiger partial charge in [0.1, 0.15) is 43.7 Å². The van der Waals surface area contributed by atoms with Crippen LogP contribution in [0.4, 0.5) is 19.3 Å². The largest absolute Gasteiger partial charge is 0.489 e. The van der Waals surface area contributed by atoms with Crippen molar-refractivity contribution in [2.24, 2.45) is 11.1 Å². The molecule has 0 bridgehead atoms. The summed E-state index contributed by atoms with van der Waals surface area (Å²) in [6.45, 7) is 0.387. The molecule has 5 aromatic carbocycles. The van der Waals surface area contributed by atoms with Crippen LogP contribution in [0, 0.1) is 17.6 Å². The van der Waals surface area contributed by atoms with Crippen molar-refractivity contribution in [2.75, 3.05) is 19.0 Å². The van der Waals surface area contributed by atoms with Crippen LogP contribution in [0.2, 0.25) is 0 Å². The first-order chi connectivity index (χ1) is 24.9. The number of rotatable bonds is 14. The maximum atomic E-state index is 14.9. The number of carbonyl (C=O) groups excluding carboxylic acids is 2. The third kappa shape index (κ3) is 8.77. The number of carbonyl (C=O) groups is 2. The van der Waals surface area contributed by atoms with Crippen LogP contribution in [0.15, 0.2) is 139 Å². The van der Waals surface area contributed by atoms with Gasteiger partial charge in [-0.2, -0.15) is 0 Å². The molecule has 0 radical (unpaired) electrons. The van der Waals surface area contributed by atoms with Gasteiger partial charge in [-0.15, -0.1) is 0 Å². The SMILES string of the molecule is CO/N=C(/CCC(C(=O)N1C(=O)OC[C@@H]1c1ccccc1)C(Nc1ccc(F)cc1)c1ccc(OCc2ccccc2)cc1)c1ccc(F)cc1. The van der Waals surface area contributed by atoms with Crippen LogP contribution in [0.25, 0.3) is 0 Å². The highest BCUT2D eigenvalue weighted by molar-refractivity contribution is 6.01. The van der Waals surface area contributed by atoms with Crippen LogP contribution in [-0.4, -0.2) is 36.3 Å². The highest BCUT2D eigenvalue weighted by Crippen LogP contribution is 2.37. The number of oxime groups is 1.